The van der Waals surface area contributed by atoms with Crippen molar-refractivity contribution in [3.8, 4) is 5.75 Å². The van der Waals surface area contributed by atoms with Crippen LogP contribution in [0.4, 0.5) is 0 Å². The summed E-state index contributed by atoms with van der Waals surface area (Å²) in [6.45, 7) is 2.34. The summed E-state index contributed by atoms with van der Waals surface area (Å²) in [4.78, 5) is 0. The van der Waals surface area contributed by atoms with Gasteiger partial charge in [-0.25, -0.2) is 0 Å². The molecule has 0 spiro atoms. The highest BCUT2D eigenvalue weighted by atomic mass is 16.5. The molecule has 1 saturated carbocycles. The molecule has 1 aromatic carbocycles. The molecule has 110 valence electrons. The lowest BCUT2D eigenvalue weighted by Gasteiger charge is -2.31. The highest BCUT2D eigenvalue weighted by Gasteiger charge is 2.27. The normalized spacial score (nSPS) is 29.2. The zero-order valence-corrected chi connectivity index (χ0v) is 12.8. The molecule has 3 atom stereocenters. The van der Waals surface area contributed by atoms with Gasteiger partial charge in [0.15, 0.2) is 0 Å². The van der Waals surface area contributed by atoms with Crippen molar-refractivity contribution < 1.29 is 4.74 Å². The average Bonchev–Trinajstić information content (AvgIpc) is 2.89. The standard InChI is InChI=1S/C18H27NO/c1-3-13-5-4-6-15(11-13)19-18-10-8-14-7-9-16(20-2)12-17(14)18/h7,9,12-13,15,18-19H,3-6,8,10-11H2,1-2H3. The first kappa shape index (κ1) is 13.9. The number of aryl methyl sites for hydroxylation is 1. The summed E-state index contributed by atoms with van der Waals surface area (Å²) < 4.78 is 5.38. The van der Waals surface area contributed by atoms with E-state index in [1.807, 2.05) is 0 Å². The lowest BCUT2D eigenvalue weighted by Crippen LogP contribution is -2.36. The Morgan fingerprint density at radius 3 is 2.95 bits per heavy atom. The molecule has 2 aliphatic rings. The van der Waals surface area contributed by atoms with Gasteiger partial charge >= 0.3 is 0 Å². The molecule has 0 aromatic heterocycles. The minimum Gasteiger partial charge on any atom is -0.497 e. The molecule has 20 heavy (non-hydrogen) atoms. The highest BCUT2D eigenvalue weighted by molar-refractivity contribution is 5.40. The molecule has 1 fully saturated rings. The second-order valence-electron chi connectivity index (χ2n) is 6.46. The lowest BCUT2D eigenvalue weighted by molar-refractivity contribution is 0.261. The van der Waals surface area contributed by atoms with Crippen molar-refractivity contribution in [2.45, 2.75) is 64.0 Å². The van der Waals surface area contributed by atoms with Gasteiger partial charge in [-0.15, -0.1) is 0 Å². The Labute approximate surface area is 122 Å². The second-order valence-corrected chi connectivity index (χ2v) is 6.46. The van der Waals surface area contributed by atoms with Gasteiger partial charge in [-0.05, 0) is 54.9 Å². The largest absolute Gasteiger partial charge is 0.497 e. The fourth-order valence-corrected chi connectivity index (χ4v) is 3.98. The quantitative estimate of drug-likeness (QED) is 0.886. The van der Waals surface area contributed by atoms with E-state index in [0.29, 0.717) is 6.04 Å². The topological polar surface area (TPSA) is 21.3 Å². The first-order valence-electron chi connectivity index (χ1n) is 8.23. The molecular formula is C18H27NO. The molecule has 2 heteroatoms. The Hall–Kier alpha value is -1.02. The molecule has 3 rings (SSSR count). The third kappa shape index (κ3) is 2.85. The first-order valence-corrected chi connectivity index (χ1v) is 8.23. The van der Waals surface area contributed by atoms with Crippen molar-refractivity contribution in [1.82, 2.24) is 5.32 Å². The minimum atomic E-state index is 0.542. The van der Waals surface area contributed by atoms with Crippen molar-refractivity contribution >= 4 is 0 Å². The average molecular weight is 273 g/mol. The van der Waals surface area contributed by atoms with E-state index in [1.165, 1.54) is 56.1 Å². The molecule has 0 amide bonds. The fraction of sp³-hybridized carbons (Fsp3) is 0.667. The number of nitrogens with one attached hydrogen (secondary N) is 1. The number of methoxy groups -OCH3 is 1. The summed E-state index contributed by atoms with van der Waals surface area (Å²) in [5.74, 6) is 1.93. The summed E-state index contributed by atoms with van der Waals surface area (Å²) in [6, 6.07) is 7.83. The Morgan fingerprint density at radius 2 is 2.15 bits per heavy atom. The fourth-order valence-electron chi connectivity index (χ4n) is 3.98. The zero-order chi connectivity index (χ0) is 13.9. The van der Waals surface area contributed by atoms with Crippen LogP contribution in [0.15, 0.2) is 18.2 Å². The van der Waals surface area contributed by atoms with E-state index in [1.54, 1.807) is 7.11 Å². The van der Waals surface area contributed by atoms with E-state index in [-0.39, 0.29) is 0 Å². The smallest absolute Gasteiger partial charge is 0.119 e. The molecule has 0 heterocycles. The number of hydrogen-bond donors (Lipinski definition) is 1. The molecule has 3 unspecified atom stereocenters. The zero-order valence-electron chi connectivity index (χ0n) is 12.8. The maximum atomic E-state index is 5.38. The Kier molecular flexibility index (Phi) is 4.30. The van der Waals surface area contributed by atoms with Gasteiger partial charge in [0.05, 0.1) is 7.11 Å². The predicted octanol–water partition coefficient (Wildman–Crippen LogP) is 4.24. The van der Waals surface area contributed by atoms with Crippen LogP contribution in [-0.4, -0.2) is 13.2 Å². The predicted molar refractivity (Wildman–Crippen MR) is 83.2 cm³/mol. The van der Waals surface area contributed by atoms with Crippen LogP contribution in [0.3, 0.4) is 0 Å². The first-order chi connectivity index (χ1) is 9.80. The number of fused-ring (bicyclic) bond motifs is 1. The van der Waals surface area contributed by atoms with Crippen molar-refractivity contribution in [3.05, 3.63) is 29.3 Å². The molecular weight excluding hydrogens is 246 g/mol. The third-order valence-electron chi connectivity index (χ3n) is 5.23. The van der Waals surface area contributed by atoms with Gasteiger partial charge in [0.2, 0.25) is 0 Å². The highest BCUT2D eigenvalue weighted by Crippen LogP contribution is 2.36. The number of ether oxygens (including phenoxy) is 1. The lowest BCUT2D eigenvalue weighted by atomic mass is 9.84. The van der Waals surface area contributed by atoms with E-state index in [9.17, 15) is 0 Å². The van der Waals surface area contributed by atoms with Crippen molar-refractivity contribution in [2.24, 2.45) is 5.92 Å². The molecule has 0 radical (unpaired) electrons. The second kappa shape index (κ2) is 6.17. The SMILES string of the molecule is CCC1CCCC(NC2CCc3ccc(OC)cc32)C1. The van der Waals surface area contributed by atoms with Crippen molar-refractivity contribution in [3.63, 3.8) is 0 Å². The van der Waals surface area contributed by atoms with Gasteiger partial charge in [-0.3, -0.25) is 0 Å². The Balaban J connectivity index is 1.68. The number of rotatable bonds is 4. The van der Waals surface area contributed by atoms with E-state index in [4.69, 9.17) is 4.74 Å². The van der Waals surface area contributed by atoms with Gasteiger partial charge in [-0.2, -0.15) is 0 Å². The monoisotopic (exact) mass is 273 g/mol. The maximum absolute atomic E-state index is 5.38. The van der Waals surface area contributed by atoms with Gasteiger partial charge in [-0.1, -0.05) is 32.3 Å². The molecule has 1 aromatic rings. The Morgan fingerprint density at radius 1 is 1.25 bits per heavy atom. The molecule has 2 nitrogen and oxygen atoms in total. The van der Waals surface area contributed by atoms with Gasteiger partial charge in [0, 0.05) is 12.1 Å². The summed E-state index contributed by atoms with van der Waals surface area (Å²) in [5, 5.41) is 3.93. The van der Waals surface area contributed by atoms with Crippen LogP contribution in [0.5, 0.6) is 5.75 Å². The van der Waals surface area contributed by atoms with Crippen LogP contribution in [-0.2, 0) is 6.42 Å². The number of hydrogen-bond acceptors (Lipinski definition) is 2. The van der Waals surface area contributed by atoms with Crippen LogP contribution >= 0.6 is 0 Å². The number of benzene rings is 1. The van der Waals surface area contributed by atoms with Gasteiger partial charge in [0.1, 0.15) is 5.75 Å². The van der Waals surface area contributed by atoms with Crippen molar-refractivity contribution in [1.29, 1.82) is 0 Å². The van der Waals surface area contributed by atoms with Gasteiger partial charge < -0.3 is 10.1 Å². The summed E-state index contributed by atoms with van der Waals surface area (Å²) in [7, 11) is 1.76. The maximum Gasteiger partial charge on any atom is 0.119 e. The van der Waals surface area contributed by atoms with E-state index in [2.05, 4.69) is 30.4 Å². The summed E-state index contributed by atoms with van der Waals surface area (Å²) in [5.41, 5.74) is 2.98. The van der Waals surface area contributed by atoms with E-state index >= 15 is 0 Å². The van der Waals surface area contributed by atoms with Crippen LogP contribution in [0.2, 0.25) is 0 Å². The van der Waals surface area contributed by atoms with Crippen molar-refractivity contribution in [2.75, 3.05) is 7.11 Å². The molecule has 2 aliphatic carbocycles. The third-order valence-corrected chi connectivity index (χ3v) is 5.23. The van der Waals surface area contributed by atoms with Crippen LogP contribution in [0.25, 0.3) is 0 Å². The minimum absolute atomic E-state index is 0.542. The van der Waals surface area contributed by atoms with Gasteiger partial charge in [0.25, 0.3) is 0 Å². The van der Waals surface area contributed by atoms with Crippen LogP contribution < -0.4 is 10.1 Å². The van der Waals surface area contributed by atoms with Crippen LogP contribution in [0, 0.1) is 5.92 Å². The molecule has 1 N–H and O–H groups in total. The van der Waals surface area contributed by atoms with E-state index < -0.39 is 0 Å². The Bertz CT molecular complexity index is 457. The summed E-state index contributed by atoms with van der Waals surface area (Å²) in [6.07, 6.45) is 9.35. The molecule has 0 bridgehead atoms. The van der Waals surface area contributed by atoms with Crippen LogP contribution in [0.1, 0.15) is 62.6 Å². The summed E-state index contributed by atoms with van der Waals surface area (Å²) >= 11 is 0. The molecule has 0 aliphatic heterocycles. The molecule has 0 saturated heterocycles. The van der Waals surface area contributed by atoms with E-state index in [0.717, 1.165) is 17.7 Å².